The van der Waals surface area contributed by atoms with Crippen LogP contribution in [-0.4, -0.2) is 39.7 Å². The minimum absolute atomic E-state index is 0.0775. The fraction of sp³-hybridized carbons (Fsp3) is 0.471. The molecule has 5 nitrogen and oxygen atoms in total. The van der Waals surface area contributed by atoms with Crippen LogP contribution in [-0.2, 0) is 9.84 Å². The van der Waals surface area contributed by atoms with Gasteiger partial charge in [-0.25, -0.2) is 8.42 Å². The fourth-order valence-electron chi connectivity index (χ4n) is 3.06. The number of amides is 1. The van der Waals surface area contributed by atoms with Crippen molar-refractivity contribution >= 4 is 32.8 Å². The summed E-state index contributed by atoms with van der Waals surface area (Å²) in [6, 6.07) is 3.61. The van der Waals surface area contributed by atoms with Gasteiger partial charge >= 0.3 is 0 Å². The molecule has 3 rings (SSSR count). The molecule has 2 heterocycles. The summed E-state index contributed by atoms with van der Waals surface area (Å²) in [7, 11) is -3.26. The molecular weight excluding hydrogens is 344 g/mol. The number of rotatable bonds is 4. The molecule has 0 aromatic carbocycles. The summed E-state index contributed by atoms with van der Waals surface area (Å²) >= 11 is 1.22. The Morgan fingerprint density at radius 3 is 2.71 bits per heavy atom. The summed E-state index contributed by atoms with van der Waals surface area (Å²) in [5.74, 6) is 0.437. The summed E-state index contributed by atoms with van der Waals surface area (Å²) in [6.45, 7) is 8.08. The molecule has 1 aliphatic carbocycles. The number of carbonyl (C=O) groups excluding carboxylic acids is 1. The van der Waals surface area contributed by atoms with Gasteiger partial charge in [0.25, 0.3) is 5.91 Å². The minimum Gasteiger partial charge on any atom is -0.368 e. The Hall–Kier alpha value is -1.60. The number of nitrogens with one attached hydrogen (secondary N) is 1. The first-order chi connectivity index (χ1) is 11.3. The molecule has 3 aliphatic rings. The van der Waals surface area contributed by atoms with Crippen molar-refractivity contribution in [2.24, 2.45) is 5.92 Å². The van der Waals surface area contributed by atoms with Gasteiger partial charge in [0.05, 0.1) is 17.0 Å². The zero-order valence-electron chi connectivity index (χ0n) is 14.1. The topological polar surface area (TPSA) is 66.5 Å². The number of hydrogen-bond donors (Lipinski definition) is 1. The van der Waals surface area contributed by atoms with E-state index in [0.29, 0.717) is 22.2 Å². The molecule has 0 atom stereocenters. The van der Waals surface area contributed by atoms with Crippen LogP contribution in [0.2, 0.25) is 0 Å². The number of carbonyl (C=O) groups is 1. The zero-order chi connectivity index (χ0) is 17.5. The molecule has 7 heteroatoms. The highest BCUT2D eigenvalue weighted by molar-refractivity contribution is 7.93. The molecule has 1 N–H and O–H groups in total. The maximum atomic E-state index is 12.4. The first-order valence-corrected chi connectivity index (χ1v) is 10.7. The normalized spacial score (nSPS) is 15.5. The highest BCUT2D eigenvalue weighted by atomic mass is 32.2. The van der Waals surface area contributed by atoms with Crippen LogP contribution in [0.25, 0.3) is 11.1 Å². The monoisotopic (exact) mass is 366 g/mol. The van der Waals surface area contributed by atoms with Crippen molar-refractivity contribution in [1.29, 1.82) is 0 Å². The Morgan fingerprint density at radius 1 is 1.29 bits per heavy atom. The lowest BCUT2D eigenvalue weighted by Crippen LogP contribution is -2.32. The number of nitrogens with zero attached hydrogens (tertiary/aromatic N) is 1. The van der Waals surface area contributed by atoms with E-state index in [1.807, 2.05) is 11.4 Å². The summed E-state index contributed by atoms with van der Waals surface area (Å²) in [5.41, 5.74) is 3.29. The molecule has 0 saturated carbocycles. The van der Waals surface area contributed by atoms with E-state index < -0.39 is 9.84 Å². The lowest BCUT2D eigenvalue weighted by molar-refractivity contribution is 0.0958. The molecule has 0 spiro atoms. The summed E-state index contributed by atoms with van der Waals surface area (Å²) in [4.78, 5) is 14.6. The van der Waals surface area contributed by atoms with Crippen molar-refractivity contribution in [3.05, 3.63) is 23.1 Å². The van der Waals surface area contributed by atoms with Crippen LogP contribution in [0.15, 0.2) is 21.7 Å². The lowest BCUT2D eigenvalue weighted by Gasteiger charge is -2.26. The summed E-state index contributed by atoms with van der Waals surface area (Å²) in [6.07, 6.45) is 0. The molecule has 0 bridgehead atoms. The Morgan fingerprint density at radius 2 is 2.04 bits per heavy atom. The molecule has 0 fully saturated rings. The largest absolute Gasteiger partial charge is 0.368 e. The quantitative estimate of drug-likeness (QED) is 0.904. The average molecular weight is 367 g/mol. The van der Waals surface area contributed by atoms with Crippen molar-refractivity contribution < 1.29 is 13.2 Å². The SMILES string of the molecule is CCS(=O)(=O)c1cc2c3c(cc-2cs1)C(=O)NCCN3CC(C)C. The second-order valence-corrected chi connectivity index (χ2v) is 9.89. The van der Waals surface area contributed by atoms with E-state index in [4.69, 9.17) is 0 Å². The zero-order valence-corrected chi connectivity index (χ0v) is 15.8. The average Bonchev–Trinajstić information content (AvgIpc) is 2.85. The van der Waals surface area contributed by atoms with Gasteiger partial charge in [0, 0.05) is 25.2 Å². The van der Waals surface area contributed by atoms with Crippen molar-refractivity contribution in [1.82, 2.24) is 5.32 Å². The van der Waals surface area contributed by atoms with Gasteiger partial charge in [-0.1, -0.05) is 20.8 Å². The predicted molar refractivity (Wildman–Crippen MR) is 98.1 cm³/mol. The molecule has 0 radical (unpaired) electrons. The maximum Gasteiger partial charge on any atom is 0.253 e. The van der Waals surface area contributed by atoms with Gasteiger partial charge in [-0.15, -0.1) is 11.3 Å². The number of fused-ring (bicyclic) bond motifs is 3. The van der Waals surface area contributed by atoms with Crippen molar-refractivity contribution in [2.75, 3.05) is 30.3 Å². The van der Waals surface area contributed by atoms with Gasteiger partial charge in [0.2, 0.25) is 0 Å². The van der Waals surface area contributed by atoms with Crippen LogP contribution < -0.4 is 10.2 Å². The third-order valence-electron chi connectivity index (χ3n) is 4.19. The van der Waals surface area contributed by atoms with E-state index >= 15 is 0 Å². The maximum absolute atomic E-state index is 12.4. The number of hydrogen-bond acceptors (Lipinski definition) is 5. The molecule has 130 valence electrons. The van der Waals surface area contributed by atoms with Gasteiger partial charge in [-0.2, -0.15) is 0 Å². The second-order valence-electron chi connectivity index (χ2n) is 6.47. The Kier molecular flexibility index (Phi) is 4.57. The summed E-state index contributed by atoms with van der Waals surface area (Å²) < 4.78 is 24.8. The third kappa shape index (κ3) is 3.02. The fourth-order valence-corrected chi connectivity index (χ4v) is 5.35. The Bertz CT molecular complexity index is 840. The third-order valence-corrected chi connectivity index (χ3v) is 7.45. The molecule has 24 heavy (non-hydrogen) atoms. The van der Waals surface area contributed by atoms with Crippen molar-refractivity contribution in [3.8, 4) is 11.1 Å². The lowest BCUT2D eigenvalue weighted by atomic mass is 10.1. The van der Waals surface area contributed by atoms with Crippen LogP contribution in [0.5, 0.6) is 0 Å². The highest BCUT2D eigenvalue weighted by Gasteiger charge is 2.29. The van der Waals surface area contributed by atoms with Crippen LogP contribution in [0.1, 0.15) is 31.1 Å². The van der Waals surface area contributed by atoms with Crippen LogP contribution in [0, 0.1) is 5.92 Å². The molecular formula is C17H22N2O3S2. The van der Waals surface area contributed by atoms with Crippen LogP contribution >= 0.6 is 11.3 Å². The van der Waals surface area contributed by atoms with Gasteiger partial charge in [0.1, 0.15) is 4.21 Å². The molecule has 2 aliphatic heterocycles. The minimum atomic E-state index is -3.26. The van der Waals surface area contributed by atoms with E-state index in [0.717, 1.165) is 29.9 Å². The summed E-state index contributed by atoms with van der Waals surface area (Å²) in [5, 5.41) is 4.77. The Balaban J connectivity index is 2.21. The van der Waals surface area contributed by atoms with Crippen LogP contribution in [0.3, 0.4) is 0 Å². The molecule has 0 aromatic rings. The highest BCUT2D eigenvalue weighted by Crippen LogP contribution is 2.42. The first kappa shape index (κ1) is 17.2. The Labute approximate surface area is 146 Å². The molecule has 0 unspecified atom stereocenters. The van der Waals surface area contributed by atoms with E-state index in [-0.39, 0.29) is 11.7 Å². The van der Waals surface area contributed by atoms with Crippen molar-refractivity contribution in [2.45, 2.75) is 25.0 Å². The standard InChI is InChI=1S/C17H22N2O3S2/c1-4-24(21,22)15-8-13-12(10-23-15)7-14-16(13)19(9-11(2)3)6-5-18-17(14)20/h7-8,10-11H,4-6,9H2,1-3H3,(H,18,20). The molecule has 0 saturated heterocycles. The van der Waals surface area contributed by atoms with Gasteiger partial charge in [-0.3, -0.25) is 4.79 Å². The first-order valence-electron chi connectivity index (χ1n) is 8.14. The molecule has 0 aromatic heterocycles. The van der Waals surface area contributed by atoms with Gasteiger partial charge < -0.3 is 10.2 Å². The van der Waals surface area contributed by atoms with E-state index in [1.165, 1.54) is 11.3 Å². The smallest absolute Gasteiger partial charge is 0.253 e. The van der Waals surface area contributed by atoms with E-state index in [9.17, 15) is 13.2 Å². The molecule has 1 amide bonds. The van der Waals surface area contributed by atoms with E-state index in [2.05, 4.69) is 24.1 Å². The van der Waals surface area contributed by atoms with Gasteiger partial charge in [0.15, 0.2) is 9.84 Å². The van der Waals surface area contributed by atoms with Crippen molar-refractivity contribution in [3.63, 3.8) is 0 Å². The number of sulfone groups is 1. The predicted octanol–water partition coefficient (Wildman–Crippen LogP) is 2.85. The van der Waals surface area contributed by atoms with Gasteiger partial charge in [-0.05, 0) is 29.0 Å². The van der Waals surface area contributed by atoms with E-state index in [1.54, 1.807) is 13.0 Å². The number of anilines is 1. The second kappa shape index (κ2) is 6.37. The van der Waals surface area contributed by atoms with Crippen LogP contribution in [0.4, 0.5) is 5.69 Å².